The zero-order chi connectivity index (χ0) is 22.8. The van der Waals surface area contributed by atoms with Crippen molar-refractivity contribution in [3.05, 3.63) is 95.1 Å². The van der Waals surface area contributed by atoms with Crippen molar-refractivity contribution in [1.29, 1.82) is 0 Å². The molecule has 170 valence electrons. The van der Waals surface area contributed by atoms with Gasteiger partial charge in [0.05, 0.1) is 14.2 Å². The van der Waals surface area contributed by atoms with Gasteiger partial charge in [-0.1, -0.05) is 54.1 Å². The van der Waals surface area contributed by atoms with E-state index in [-0.39, 0.29) is 5.41 Å². The molecule has 0 amide bonds. The standard InChI is InChI=1S/C31H34O2/c1-22-4-6-23(7-5-22)24-16-19-31(20-17-24)21-18-29(25-8-12-27(32-2)13-9-25)30(31)26-10-14-28(33-3)15-11-26/h4-15,24H,16-21H2,1-3H3. The van der Waals surface area contributed by atoms with E-state index in [9.17, 15) is 0 Å². The fraction of sp³-hybridized carbons (Fsp3) is 0.355. The smallest absolute Gasteiger partial charge is 0.118 e. The molecule has 3 aromatic rings. The Balaban J connectivity index is 1.50. The second-order valence-electron chi connectivity index (χ2n) is 9.78. The van der Waals surface area contributed by atoms with Crippen LogP contribution in [-0.4, -0.2) is 14.2 Å². The van der Waals surface area contributed by atoms with Crippen molar-refractivity contribution in [1.82, 2.24) is 0 Å². The molecule has 2 nitrogen and oxygen atoms in total. The number of allylic oxidation sites excluding steroid dienone is 2. The van der Waals surface area contributed by atoms with Crippen LogP contribution in [0.1, 0.15) is 66.7 Å². The van der Waals surface area contributed by atoms with E-state index in [1.807, 2.05) is 0 Å². The number of ether oxygens (including phenoxy) is 2. The summed E-state index contributed by atoms with van der Waals surface area (Å²) in [6, 6.07) is 26.6. The molecule has 0 heterocycles. The summed E-state index contributed by atoms with van der Waals surface area (Å²) in [7, 11) is 3.47. The monoisotopic (exact) mass is 438 g/mol. The average molecular weight is 439 g/mol. The minimum Gasteiger partial charge on any atom is -0.497 e. The second-order valence-corrected chi connectivity index (χ2v) is 9.78. The normalized spacial score (nSPS) is 22.6. The number of benzene rings is 3. The van der Waals surface area contributed by atoms with Gasteiger partial charge in [0.1, 0.15) is 11.5 Å². The fourth-order valence-electron chi connectivity index (χ4n) is 6.10. The molecular formula is C31H34O2. The van der Waals surface area contributed by atoms with Crippen LogP contribution in [0.4, 0.5) is 0 Å². The zero-order valence-electron chi connectivity index (χ0n) is 20.1. The molecule has 0 N–H and O–H groups in total. The Morgan fingerprint density at radius 1 is 0.667 bits per heavy atom. The molecule has 0 unspecified atom stereocenters. The molecule has 0 aliphatic heterocycles. The molecule has 0 bridgehead atoms. The van der Waals surface area contributed by atoms with Crippen LogP contribution in [0.25, 0.3) is 11.1 Å². The number of hydrogen-bond acceptors (Lipinski definition) is 2. The lowest BCUT2D eigenvalue weighted by Crippen LogP contribution is -2.26. The van der Waals surface area contributed by atoms with Crippen molar-refractivity contribution in [2.24, 2.45) is 5.41 Å². The summed E-state index contributed by atoms with van der Waals surface area (Å²) in [6.45, 7) is 2.17. The van der Waals surface area contributed by atoms with Gasteiger partial charge in [0.15, 0.2) is 0 Å². The molecule has 3 aromatic carbocycles. The van der Waals surface area contributed by atoms with Gasteiger partial charge in [0.25, 0.3) is 0 Å². The summed E-state index contributed by atoms with van der Waals surface area (Å²) < 4.78 is 10.9. The first-order valence-electron chi connectivity index (χ1n) is 12.2. The first kappa shape index (κ1) is 21.8. The van der Waals surface area contributed by atoms with E-state index in [1.54, 1.807) is 19.8 Å². The molecule has 1 fully saturated rings. The van der Waals surface area contributed by atoms with Gasteiger partial charge in [-0.3, -0.25) is 0 Å². The SMILES string of the molecule is COc1ccc(C2=C(c3ccc(OC)cc3)C3(CC2)CCC(c2ccc(C)cc2)CC3)cc1. The minimum absolute atomic E-state index is 0.269. The van der Waals surface area contributed by atoms with E-state index in [1.165, 1.54) is 59.9 Å². The van der Waals surface area contributed by atoms with E-state index in [0.29, 0.717) is 5.92 Å². The highest BCUT2D eigenvalue weighted by molar-refractivity contribution is 5.96. The van der Waals surface area contributed by atoms with E-state index in [2.05, 4.69) is 79.7 Å². The highest BCUT2D eigenvalue weighted by Crippen LogP contribution is 2.60. The molecule has 2 heteroatoms. The maximum atomic E-state index is 5.45. The second kappa shape index (κ2) is 9.09. The van der Waals surface area contributed by atoms with Gasteiger partial charge in [-0.25, -0.2) is 0 Å². The summed E-state index contributed by atoms with van der Waals surface area (Å²) >= 11 is 0. The van der Waals surface area contributed by atoms with E-state index in [4.69, 9.17) is 9.47 Å². The molecule has 0 aromatic heterocycles. The third kappa shape index (κ3) is 4.19. The van der Waals surface area contributed by atoms with Crippen LogP contribution >= 0.6 is 0 Å². The van der Waals surface area contributed by atoms with E-state index >= 15 is 0 Å². The number of rotatable bonds is 5. The Hall–Kier alpha value is -3.00. The highest BCUT2D eigenvalue weighted by atomic mass is 16.5. The van der Waals surface area contributed by atoms with Crippen LogP contribution in [-0.2, 0) is 0 Å². The van der Waals surface area contributed by atoms with Gasteiger partial charge in [0, 0.05) is 0 Å². The maximum Gasteiger partial charge on any atom is 0.118 e. The van der Waals surface area contributed by atoms with Crippen molar-refractivity contribution in [3.63, 3.8) is 0 Å². The van der Waals surface area contributed by atoms with Crippen molar-refractivity contribution < 1.29 is 9.47 Å². The number of methoxy groups -OCH3 is 2. The van der Waals surface area contributed by atoms with Crippen LogP contribution in [0.3, 0.4) is 0 Å². The third-order valence-electron chi connectivity index (χ3n) is 7.99. The summed E-state index contributed by atoms with van der Waals surface area (Å²) in [5.74, 6) is 2.51. The van der Waals surface area contributed by atoms with Crippen LogP contribution in [0.5, 0.6) is 11.5 Å². The quantitative estimate of drug-likeness (QED) is 0.401. The average Bonchev–Trinajstić information content (AvgIpc) is 3.23. The molecule has 33 heavy (non-hydrogen) atoms. The van der Waals surface area contributed by atoms with Gasteiger partial charge in [-0.2, -0.15) is 0 Å². The number of aryl methyl sites for hydroxylation is 1. The third-order valence-corrected chi connectivity index (χ3v) is 7.99. The molecule has 0 radical (unpaired) electrons. The first-order chi connectivity index (χ1) is 16.1. The number of hydrogen-bond donors (Lipinski definition) is 0. The van der Waals surface area contributed by atoms with Crippen molar-refractivity contribution in [2.45, 2.75) is 51.4 Å². The molecule has 5 rings (SSSR count). The van der Waals surface area contributed by atoms with Gasteiger partial charge in [0.2, 0.25) is 0 Å². The Labute approximate surface area is 198 Å². The van der Waals surface area contributed by atoms with Gasteiger partial charge < -0.3 is 9.47 Å². The predicted octanol–water partition coefficient (Wildman–Crippen LogP) is 8.06. The van der Waals surface area contributed by atoms with Crippen LogP contribution in [0, 0.1) is 12.3 Å². The molecular weight excluding hydrogens is 404 g/mol. The molecule has 1 saturated carbocycles. The summed E-state index contributed by atoms with van der Waals surface area (Å²) in [6.07, 6.45) is 7.43. The lowest BCUT2D eigenvalue weighted by atomic mass is 9.64. The topological polar surface area (TPSA) is 18.5 Å². The van der Waals surface area contributed by atoms with E-state index in [0.717, 1.165) is 17.9 Å². The Morgan fingerprint density at radius 3 is 1.76 bits per heavy atom. The highest BCUT2D eigenvalue weighted by Gasteiger charge is 2.44. The van der Waals surface area contributed by atoms with Gasteiger partial charge >= 0.3 is 0 Å². The molecule has 2 aliphatic carbocycles. The molecule has 0 saturated heterocycles. The minimum atomic E-state index is 0.269. The van der Waals surface area contributed by atoms with E-state index < -0.39 is 0 Å². The zero-order valence-corrected chi connectivity index (χ0v) is 20.1. The van der Waals surface area contributed by atoms with Crippen LogP contribution < -0.4 is 9.47 Å². The van der Waals surface area contributed by atoms with Crippen LogP contribution in [0.15, 0.2) is 72.8 Å². The van der Waals surface area contributed by atoms with Gasteiger partial charge in [-0.05, 0) is 109 Å². The molecule has 2 aliphatic rings. The predicted molar refractivity (Wildman–Crippen MR) is 137 cm³/mol. The van der Waals surface area contributed by atoms with Crippen LogP contribution in [0.2, 0.25) is 0 Å². The summed E-state index contributed by atoms with van der Waals surface area (Å²) in [4.78, 5) is 0. The summed E-state index contributed by atoms with van der Waals surface area (Å²) in [5, 5.41) is 0. The van der Waals surface area contributed by atoms with Crippen molar-refractivity contribution in [2.75, 3.05) is 14.2 Å². The Bertz CT molecular complexity index is 1110. The summed E-state index contributed by atoms with van der Waals surface area (Å²) in [5.41, 5.74) is 8.89. The fourth-order valence-corrected chi connectivity index (χ4v) is 6.10. The largest absolute Gasteiger partial charge is 0.497 e. The van der Waals surface area contributed by atoms with Gasteiger partial charge in [-0.15, -0.1) is 0 Å². The molecule has 0 atom stereocenters. The first-order valence-corrected chi connectivity index (χ1v) is 12.2. The maximum absolute atomic E-state index is 5.45. The lowest BCUT2D eigenvalue weighted by molar-refractivity contribution is 0.244. The lowest BCUT2D eigenvalue weighted by Gasteiger charge is -2.40. The van der Waals surface area contributed by atoms with Crippen molar-refractivity contribution in [3.8, 4) is 11.5 Å². The Kier molecular flexibility index (Phi) is 6.01. The molecule has 1 spiro atoms. The Morgan fingerprint density at radius 2 is 1.21 bits per heavy atom. The van der Waals surface area contributed by atoms with Crippen molar-refractivity contribution >= 4 is 11.1 Å².